The molecular weight excluding hydrogens is 322 g/mol. The number of hydrogen-bond donors (Lipinski definition) is 1. The number of carboxylic acids is 1. The Kier molecular flexibility index (Phi) is 6.06. The number of methoxy groups -OCH3 is 1. The summed E-state index contributed by atoms with van der Waals surface area (Å²) in [6, 6.07) is 4.90. The number of likely N-dealkylation sites (tertiary alicyclic amines) is 1. The molecule has 1 aliphatic heterocycles. The number of nitrogens with zero attached hydrogens (tertiary/aromatic N) is 1. The number of amides is 1. The van der Waals surface area contributed by atoms with E-state index in [1.54, 1.807) is 6.92 Å². The fourth-order valence-electron chi connectivity index (χ4n) is 3.30. The van der Waals surface area contributed by atoms with Crippen molar-refractivity contribution in [2.24, 2.45) is 0 Å². The first-order chi connectivity index (χ1) is 11.7. The van der Waals surface area contributed by atoms with Gasteiger partial charge in [0, 0.05) is 20.1 Å². The van der Waals surface area contributed by atoms with Crippen molar-refractivity contribution in [3.05, 3.63) is 29.3 Å². The molecule has 0 spiro atoms. The summed E-state index contributed by atoms with van der Waals surface area (Å²) < 4.78 is 11.0. The summed E-state index contributed by atoms with van der Waals surface area (Å²) in [7, 11) is 1.52. The fraction of sp³-hybridized carbons (Fsp3) is 0.579. The zero-order chi connectivity index (χ0) is 18.7. The van der Waals surface area contributed by atoms with Gasteiger partial charge in [-0.2, -0.15) is 0 Å². The van der Waals surface area contributed by atoms with Crippen LogP contribution < -0.4 is 4.74 Å². The van der Waals surface area contributed by atoms with Crippen LogP contribution in [-0.2, 0) is 14.3 Å². The van der Waals surface area contributed by atoms with Crippen molar-refractivity contribution in [1.29, 1.82) is 0 Å². The number of rotatable bonds is 6. The summed E-state index contributed by atoms with van der Waals surface area (Å²) >= 11 is 0. The number of carbonyl (C=O) groups excluding carboxylic acids is 1. The minimum atomic E-state index is -1.02. The van der Waals surface area contributed by atoms with Crippen molar-refractivity contribution in [1.82, 2.24) is 4.90 Å². The quantitative estimate of drug-likeness (QED) is 0.854. The Morgan fingerprint density at radius 2 is 1.96 bits per heavy atom. The summed E-state index contributed by atoms with van der Waals surface area (Å²) in [6.45, 7) is 8.18. The first-order valence-electron chi connectivity index (χ1n) is 8.57. The highest BCUT2D eigenvalue weighted by Gasteiger charge is 2.41. The molecule has 0 aromatic heterocycles. The van der Waals surface area contributed by atoms with Crippen LogP contribution >= 0.6 is 0 Å². The van der Waals surface area contributed by atoms with Gasteiger partial charge >= 0.3 is 5.97 Å². The molecule has 1 fully saturated rings. The van der Waals surface area contributed by atoms with Gasteiger partial charge in [-0.25, -0.2) is 4.79 Å². The van der Waals surface area contributed by atoms with Crippen molar-refractivity contribution >= 4 is 11.9 Å². The van der Waals surface area contributed by atoms with Crippen LogP contribution in [0.15, 0.2) is 18.2 Å². The molecule has 6 heteroatoms. The van der Waals surface area contributed by atoms with Gasteiger partial charge in [0.05, 0.1) is 6.10 Å². The summed E-state index contributed by atoms with van der Waals surface area (Å²) in [5.74, 6) is -0.327. The molecule has 3 atom stereocenters. The maximum atomic E-state index is 12.7. The van der Waals surface area contributed by atoms with Crippen LogP contribution in [0.2, 0.25) is 0 Å². The molecule has 0 radical (unpaired) electrons. The minimum absolute atomic E-state index is 0.259. The lowest BCUT2D eigenvalue weighted by Crippen LogP contribution is -2.46. The highest BCUT2D eigenvalue weighted by Crippen LogP contribution is 2.26. The predicted molar refractivity (Wildman–Crippen MR) is 93.9 cm³/mol. The number of ether oxygens (including phenoxy) is 2. The summed E-state index contributed by atoms with van der Waals surface area (Å²) in [6.07, 6.45) is -0.724. The largest absolute Gasteiger partial charge is 0.481 e. The number of hydrogen-bond acceptors (Lipinski definition) is 4. The molecule has 2 rings (SSSR count). The number of carbonyl (C=O) groups is 2. The maximum absolute atomic E-state index is 12.7. The van der Waals surface area contributed by atoms with Crippen LogP contribution in [0.1, 0.15) is 44.2 Å². The van der Waals surface area contributed by atoms with E-state index in [4.69, 9.17) is 9.47 Å². The van der Waals surface area contributed by atoms with Gasteiger partial charge in [0.1, 0.15) is 11.8 Å². The monoisotopic (exact) mass is 349 g/mol. The van der Waals surface area contributed by atoms with E-state index in [2.05, 4.69) is 13.8 Å². The normalized spacial score (nSPS) is 21.4. The molecule has 1 amide bonds. The maximum Gasteiger partial charge on any atom is 0.326 e. The Morgan fingerprint density at radius 3 is 2.48 bits per heavy atom. The third-order valence-electron chi connectivity index (χ3n) is 4.69. The zero-order valence-electron chi connectivity index (χ0n) is 15.5. The number of aliphatic carboxylic acids is 1. The van der Waals surface area contributed by atoms with E-state index < -0.39 is 18.1 Å². The van der Waals surface area contributed by atoms with Gasteiger partial charge in [0.25, 0.3) is 5.91 Å². The molecule has 1 aromatic rings. The van der Waals surface area contributed by atoms with Crippen molar-refractivity contribution in [2.75, 3.05) is 13.7 Å². The number of benzene rings is 1. The second-order valence-corrected chi connectivity index (χ2v) is 6.87. The molecule has 3 unspecified atom stereocenters. The van der Waals surface area contributed by atoms with Crippen LogP contribution in [0, 0.1) is 6.92 Å². The predicted octanol–water partition coefficient (Wildman–Crippen LogP) is 2.59. The lowest BCUT2D eigenvalue weighted by atomic mass is 9.98. The fourth-order valence-corrected chi connectivity index (χ4v) is 3.30. The molecule has 6 nitrogen and oxygen atoms in total. The Bertz CT molecular complexity index is 643. The van der Waals surface area contributed by atoms with E-state index >= 15 is 0 Å². The van der Waals surface area contributed by atoms with Crippen LogP contribution in [0.3, 0.4) is 0 Å². The second kappa shape index (κ2) is 7.87. The Hall–Kier alpha value is -2.08. The SMILES string of the molecule is COC1CC(C(=O)O)N(C(=O)C(C)Oc2ccc(C(C)C)c(C)c2)C1. The van der Waals surface area contributed by atoms with Crippen molar-refractivity contribution in [3.63, 3.8) is 0 Å². The molecular formula is C19H27NO5. The minimum Gasteiger partial charge on any atom is -0.481 e. The van der Waals surface area contributed by atoms with Crippen molar-refractivity contribution in [3.8, 4) is 5.75 Å². The van der Waals surface area contributed by atoms with Gasteiger partial charge in [-0.3, -0.25) is 4.79 Å². The smallest absolute Gasteiger partial charge is 0.326 e. The molecule has 0 aliphatic carbocycles. The molecule has 138 valence electrons. The van der Waals surface area contributed by atoms with Gasteiger partial charge in [0.2, 0.25) is 0 Å². The Labute approximate surface area is 148 Å². The molecule has 0 bridgehead atoms. The van der Waals surface area contributed by atoms with Gasteiger partial charge in [-0.05, 0) is 43.0 Å². The third-order valence-corrected chi connectivity index (χ3v) is 4.69. The van der Waals surface area contributed by atoms with Crippen molar-refractivity contribution in [2.45, 2.75) is 58.3 Å². The molecule has 0 saturated carbocycles. The van der Waals surface area contributed by atoms with E-state index in [1.165, 1.54) is 17.6 Å². The van der Waals surface area contributed by atoms with E-state index in [-0.39, 0.29) is 18.6 Å². The molecule has 25 heavy (non-hydrogen) atoms. The topological polar surface area (TPSA) is 76.1 Å². The van der Waals surface area contributed by atoms with Crippen LogP contribution in [0.25, 0.3) is 0 Å². The standard InChI is InChI=1S/C19H27NO5/c1-11(2)16-7-6-14(8-12(16)3)25-13(4)18(21)20-10-15(24-5)9-17(20)19(22)23/h6-8,11,13,15,17H,9-10H2,1-5H3,(H,22,23). The second-order valence-electron chi connectivity index (χ2n) is 6.87. The number of carboxylic acid groups (broad SMARTS) is 1. The van der Waals surface area contributed by atoms with E-state index in [9.17, 15) is 14.7 Å². The van der Waals surface area contributed by atoms with Crippen LogP contribution in [0.5, 0.6) is 5.75 Å². The van der Waals surface area contributed by atoms with Crippen molar-refractivity contribution < 1.29 is 24.2 Å². The van der Waals surface area contributed by atoms with Gasteiger partial charge in [0.15, 0.2) is 6.10 Å². The average Bonchev–Trinajstić information content (AvgIpc) is 2.98. The third kappa shape index (κ3) is 4.31. The average molecular weight is 349 g/mol. The summed E-state index contributed by atoms with van der Waals surface area (Å²) in [4.78, 5) is 25.4. The highest BCUT2D eigenvalue weighted by atomic mass is 16.5. The Morgan fingerprint density at radius 1 is 1.28 bits per heavy atom. The molecule has 1 heterocycles. The molecule has 1 aromatic carbocycles. The highest BCUT2D eigenvalue weighted by molar-refractivity contribution is 5.87. The molecule has 1 aliphatic rings. The lowest BCUT2D eigenvalue weighted by molar-refractivity contribution is -0.150. The van der Waals surface area contributed by atoms with Crippen LogP contribution in [0.4, 0.5) is 0 Å². The van der Waals surface area contributed by atoms with E-state index in [0.717, 1.165) is 5.56 Å². The van der Waals surface area contributed by atoms with Crippen LogP contribution in [-0.4, -0.2) is 53.8 Å². The summed E-state index contributed by atoms with van der Waals surface area (Å²) in [5.41, 5.74) is 2.34. The lowest BCUT2D eigenvalue weighted by Gasteiger charge is -2.25. The van der Waals surface area contributed by atoms with E-state index in [1.807, 2.05) is 25.1 Å². The zero-order valence-corrected chi connectivity index (χ0v) is 15.5. The first-order valence-corrected chi connectivity index (χ1v) is 8.57. The molecule has 1 saturated heterocycles. The van der Waals surface area contributed by atoms with E-state index in [0.29, 0.717) is 18.1 Å². The van der Waals surface area contributed by atoms with Gasteiger partial charge in [-0.1, -0.05) is 19.9 Å². The molecule has 1 N–H and O–H groups in total. The van der Waals surface area contributed by atoms with Gasteiger partial charge < -0.3 is 19.5 Å². The number of aryl methyl sites for hydroxylation is 1. The first kappa shape index (κ1) is 19.2. The Balaban J connectivity index is 2.09. The van der Waals surface area contributed by atoms with Gasteiger partial charge in [-0.15, -0.1) is 0 Å². The summed E-state index contributed by atoms with van der Waals surface area (Å²) in [5, 5.41) is 9.35.